The average Bonchev–Trinajstić information content (AvgIpc) is 2.93. The molecule has 3 amide bonds. The first-order valence-electron chi connectivity index (χ1n) is 7.48. The molecular formula is C16H21N3O4. The number of rotatable bonds is 6. The standard InChI is InChI=1S/C16H21N3O4/c1-11(20)17-7-8-18-16(22)12-9-15(21)19(10-12)13-3-5-14(23-2)6-4-13/h3-6,12H,7-10H2,1-2H3,(H,17,20)(H,18,22)/t12-/m0/s1. The molecule has 23 heavy (non-hydrogen) atoms. The van der Waals surface area contributed by atoms with Crippen molar-refractivity contribution in [2.45, 2.75) is 13.3 Å². The molecule has 0 spiro atoms. The molecule has 2 N–H and O–H groups in total. The van der Waals surface area contributed by atoms with Gasteiger partial charge in [-0.2, -0.15) is 0 Å². The van der Waals surface area contributed by atoms with Crippen LogP contribution in [0.25, 0.3) is 0 Å². The Balaban J connectivity index is 1.88. The van der Waals surface area contributed by atoms with Crippen molar-refractivity contribution in [1.29, 1.82) is 0 Å². The summed E-state index contributed by atoms with van der Waals surface area (Å²) < 4.78 is 5.09. The minimum Gasteiger partial charge on any atom is -0.497 e. The molecule has 0 bridgehead atoms. The molecule has 1 aromatic carbocycles. The van der Waals surface area contributed by atoms with Gasteiger partial charge in [-0.15, -0.1) is 0 Å². The highest BCUT2D eigenvalue weighted by atomic mass is 16.5. The molecule has 0 saturated carbocycles. The largest absolute Gasteiger partial charge is 0.497 e. The Labute approximate surface area is 135 Å². The Hall–Kier alpha value is -2.57. The first kappa shape index (κ1) is 16.8. The van der Waals surface area contributed by atoms with Crippen molar-refractivity contribution in [1.82, 2.24) is 10.6 Å². The van der Waals surface area contributed by atoms with Crippen molar-refractivity contribution in [3.63, 3.8) is 0 Å². The summed E-state index contributed by atoms with van der Waals surface area (Å²) in [4.78, 5) is 36.6. The molecule has 1 aliphatic rings. The summed E-state index contributed by atoms with van der Waals surface area (Å²) in [6, 6.07) is 7.16. The first-order chi connectivity index (χ1) is 11.0. The number of carbonyl (C=O) groups is 3. The smallest absolute Gasteiger partial charge is 0.227 e. The van der Waals surface area contributed by atoms with Crippen LogP contribution in [0.5, 0.6) is 5.75 Å². The average molecular weight is 319 g/mol. The third-order valence-electron chi connectivity index (χ3n) is 3.68. The summed E-state index contributed by atoms with van der Waals surface area (Å²) in [7, 11) is 1.58. The van der Waals surface area contributed by atoms with Crippen LogP contribution in [0.15, 0.2) is 24.3 Å². The maximum atomic E-state index is 12.1. The van der Waals surface area contributed by atoms with Gasteiger partial charge in [-0.3, -0.25) is 14.4 Å². The van der Waals surface area contributed by atoms with Crippen molar-refractivity contribution in [2.75, 3.05) is 31.6 Å². The number of hydrogen-bond acceptors (Lipinski definition) is 4. The second-order valence-corrected chi connectivity index (χ2v) is 5.38. The fourth-order valence-electron chi connectivity index (χ4n) is 2.46. The van der Waals surface area contributed by atoms with E-state index in [4.69, 9.17) is 4.74 Å². The molecule has 1 atom stereocenters. The van der Waals surface area contributed by atoms with Gasteiger partial charge >= 0.3 is 0 Å². The molecule has 0 aliphatic carbocycles. The molecule has 0 aromatic heterocycles. The monoisotopic (exact) mass is 319 g/mol. The summed E-state index contributed by atoms with van der Waals surface area (Å²) in [6.07, 6.45) is 0.192. The van der Waals surface area contributed by atoms with Crippen molar-refractivity contribution in [3.8, 4) is 5.75 Å². The van der Waals surface area contributed by atoms with Gasteiger partial charge in [-0.25, -0.2) is 0 Å². The van der Waals surface area contributed by atoms with E-state index >= 15 is 0 Å². The Morgan fingerprint density at radius 2 is 1.87 bits per heavy atom. The van der Waals surface area contributed by atoms with E-state index in [2.05, 4.69) is 10.6 Å². The van der Waals surface area contributed by atoms with E-state index in [1.54, 1.807) is 36.3 Å². The molecule has 0 radical (unpaired) electrons. The van der Waals surface area contributed by atoms with Crippen LogP contribution in [0.1, 0.15) is 13.3 Å². The van der Waals surface area contributed by atoms with Crippen LogP contribution in [0.3, 0.4) is 0 Å². The van der Waals surface area contributed by atoms with Gasteiger partial charge in [0.25, 0.3) is 0 Å². The third-order valence-corrected chi connectivity index (χ3v) is 3.68. The Kier molecular flexibility index (Phi) is 5.56. The van der Waals surface area contributed by atoms with Crippen molar-refractivity contribution in [3.05, 3.63) is 24.3 Å². The first-order valence-corrected chi connectivity index (χ1v) is 7.48. The lowest BCUT2D eigenvalue weighted by molar-refractivity contribution is -0.126. The molecule has 1 fully saturated rings. The van der Waals surface area contributed by atoms with Gasteiger partial charge in [-0.05, 0) is 24.3 Å². The van der Waals surface area contributed by atoms with E-state index in [0.717, 1.165) is 5.69 Å². The molecule has 124 valence electrons. The topological polar surface area (TPSA) is 87.7 Å². The minimum absolute atomic E-state index is 0.0721. The van der Waals surface area contributed by atoms with Crippen LogP contribution < -0.4 is 20.3 Å². The molecule has 1 saturated heterocycles. The van der Waals surface area contributed by atoms with Crippen LogP contribution in [0.2, 0.25) is 0 Å². The SMILES string of the molecule is COc1ccc(N2C[C@@H](C(=O)NCCNC(C)=O)CC2=O)cc1. The number of anilines is 1. The summed E-state index contributed by atoms with van der Waals surface area (Å²) in [5.74, 6) is -0.0348. The number of benzene rings is 1. The quantitative estimate of drug-likeness (QED) is 0.738. The number of hydrogen-bond donors (Lipinski definition) is 2. The fourth-order valence-corrected chi connectivity index (χ4v) is 2.46. The van der Waals surface area contributed by atoms with Crippen LogP contribution in [0, 0.1) is 5.92 Å². The summed E-state index contributed by atoms with van der Waals surface area (Å²) >= 11 is 0. The predicted molar refractivity (Wildman–Crippen MR) is 85.1 cm³/mol. The van der Waals surface area contributed by atoms with Gasteiger partial charge in [0.2, 0.25) is 17.7 Å². The molecule has 1 aliphatic heterocycles. The Bertz CT molecular complexity index is 585. The molecule has 7 nitrogen and oxygen atoms in total. The van der Waals surface area contributed by atoms with Gasteiger partial charge in [0.1, 0.15) is 5.75 Å². The summed E-state index contributed by atoms with van der Waals surface area (Å²) in [6.45, 7) is 2.51. The van der Waals surface area contributed by atoms with Gasteiger partial charge in [0, 0.05) is 38.7 Å². The lowest BCUT2D eigenvalue weighted by Crippen LogP contribution is -2.37. The second kappa shape index (κ2) is 7.62. The summed E-state index contributed by atoms with van der Waals surface area (Å²) in [5.41, 5.74) is 0.754. The minimum atomic E-state index is -0.373. The van der Waals surface area contributed by atoms with Gasteiger partial charge < -0.3 is 20.3 Å². The number of amides is 3. The number of nitrogens with one attached hydrogen (secondary N) is 2. The summed E-state index contributed by atoms with van der Waals surface area (Å²) in [5, 5.41) is 5.34. The zero-order valence-corrected chi connectivity index (χ0v) is 13.3. The normalized spacial score (nSPS) is 17.0. The van der Waals surface area contributed by atoms with E-state index in [-0.39, 0.29) is 30.1 Å². The lowest BCUT2D eigenvalue weighted by Gasteiger charge is -2.17. The third kappa shape index (κ3) is 4.45. The zero-order valence-electron chi connectivity index (χ0n) is 13.3. The zero-order chi connectivity index (χ0) is 16.8. The molecule has 0 unspecified atom stereocenters. The predicted octanol–water partition coefficient (Wildman–Crippen LogP) is 0.300. The second-order valence-electron chi connectivity index (χ2n) is 5.38. The number of carbonyl (C=O) groups excluding carboxylic acids is 3. The molecule has 2 rings (SSSR count). The Morgan fingerprint density at radius 1 is 1.22 bits per heavy atom. The number of ether oxygens (including phenoxy) is 1. The van der Waals surface area contributed by atoms with Crippen molar-refractivity contribution in [2.24, 2.45) is 5.92 Å². The van der Waals surface area contributed by atoms with E-state index in [0.29, 0.717) is 25.4 Å². The molecule has 1 heterocycles. The lowest BCUT2D eigenvalue weighted by atomic mass is 10.1. The number of methoxy groups -OCH3 is 1. The van der Waals surface area contributed by atoms with Crippen molar-refractivity contribution < 1.29 is 19.1 Å². The molecular weight excluding hydrogens is 298 g/mol. The highest BCUT2D eigenvalue weighted by Gasteiger charge is 2.34. The van der Waals surface area contributed by atoms with Gasteiger partial charge in [-0.1, -0.05) is 0 Å². The van der Waals surface area contributed by atoms with E-state index < -0.39 is 0 Å². The molecule has 1 aromatic rings. The van der Waals surface area contributed by atoms with E-state index in [1.807, 2.05) is 0 Å². The van der Waals surface area contributed by atoms with Crippen LogP contribution >= 0.6 is 0 Å². The maximum Gasteiger partial charge on any atom is 0.227 e. The fraction of sp³-hybridized carbons (Fsp3) is 0.438. The maximum absolute atomic E-state index is 12.1. The van der Waals surface area contributed by atoms with Gasteiger partial charge in [0.05, 0.1) is 13.0 Å². The Morgan fingerprint density at radius 3 is 2.48 bits per heavy atom. The van der Waals surface area contributed by atoms with E-state index in [9.17, 15) is 14.4 Å². The number of nitrogens with zero attached hydrogens (tertiary/aromatic N) is 1. The van der Waals surface area contributed by atoms with Crippen LogP contribution in [-0.2, 0) is 14.4 Å². The van der Waals surface area contributed by atoms with Crippen LogP contribution in [-0.4, -0.2) is 44.5 Å². The van der Waals surface area contributed by atoms with Gasteiger partial charge in [0.15, 0.2) is 0 Å². The van der Waals surface area contributed by atoms with E-state index in [1.165, 1.54) is 6.92 Å². The highest BCUT2D eigenvalue weighted by Crippen LogP contribution is 2.26. The molecule has 7 heteroatoms. The van der Waals surface area contributed by atoms with Crippen LogP contribution in [0.4, 0.5) is 5.69 Å². The highest BCUT2D eigenvalue weighted by molar-refractivity contribution is 6.00. The van der Waals surface area contributed by atoms with Crippen molar-refractivity contribution >= 4 is 23.4 Å².